The van der Waals surface area contributed by atoms with E-state index in [9.17, 15) is 9.59 Å². The van der Waals surface area contributed by atoms with Crippen LogP contribution < -0.4 is 14.8 Å². The van der Waals surface area contributed by atoms with E-state index in [1.54, 1.807) is 36.3 Å². The zero-order valence-corrected chi connectivity index (χ0v) is 16.7. The van der Waals surface area contributed by atoms with Gasteiger partial charge in [-0.15, -0.1) is 0 Å². The van der Waals surface area contributed by atoms with Gasteiger partial charge in [-0.05, 0) is 50.1 Å². The Hall–Kier alpha value is -3.02. The number of nitrogens with one attached hydrogen (secondary N) is 1. The van der Waals surface area contributed by atoms with E-state index in [0.717, 1.165) is 11.3 Å². The Kier molecular flexibility index (Phi) is 8.34. The molecule has 0 aliphatic rings. The number of hydrogen-bond acceptors (Lipinski definition) is 4. The van der Waals surface area contributed by atoms with E-state index in [-0.39, 0.29) is 18.4 Å². The first-order valence-corrected chi connectivity index (χ1v) is 9.43. The van der Waals surface area contributed by atoms with Crippen molar-refractivity contribution in [2.75, 3.05) is 32.1 Å². The molecule has 0 heterocycles. The van der Waals surface area contributed by atoms with Gasteiger partial charge in [0.15, 0.2) is 0 Å². The Balaban J connectivity index is 1.76. The average Bonchev–Trinajstić information content (AvgIpc) is 2.69. The molecule has 1 N–H and O–H groups in total. The van der Waals surface area contributed by atoms with Crippen LogP contribution in [0.1, 0.15) is 25.3 Å². The van der Waals surface area contributed by atoms with Crippen molar-refractivity contribution in [2.45, 2.75) is 26.7 Å². The lowest BCUT2D eigenvalue weighted by Gasteiger charge is -2.20. The van der Waals surface area contributed by atoms with Crippen molar-refractivity contribution in [2.24, 2.45) is 0 Å². The number of methoxy groups -OCH3 is 1. The molecule has 0 saturated heterocycles. The minimum Gasteiger partial charge on any atom is -0.497 e. The Morgan fingerprint density at radius 2 is 1.82 bits per heavy atom. The molecule has 150 valence electrons. The number of carbonyl (C=O) groups is 2. The van der Waals surface area contributed by atoms with Crippen molar-refractivity contribution >= 4 is 17.5 Å². The molecule has 2 amide bonds. The van der Waals surface area contributed by atoms with E-state index >= 15 is 0 Å². The van der Waals surface area contributed by atoms with Crippen LogP contribution in [0.3, 0.4) is 0 Å². The van der Waals surface area contributed by atoms with Gasteiger partial charge in [0, 0.05) is 24.7 Å². The zero-order chi connectivity index (χ0) is 20.4. The molecule has 0 saturated carbocycles. The first-order valence-electron chi connectivity index (χ1n) is 9.43. The van der Waals surface area contributed by atoms with Gasteiger partial charge in [0.1, 0.15) is 11.5 Å². The van der Waals surface area contributed by atoms with Crippen molar-refractivity contribution in [3.63, 3.8) is 0 Å². The highest BCUT2D eigenvalue weighted by Crippen LogP contribution is 2.17. The van der Waals surface area contributed by atoms with Gasteiger partial charge < -0.3 is 19.7 Å². The third-order valence-electron chi connectivity index (χ3n) is 4.22. The fourth-order valence-corrected chi connectivity index (χ4v) is 2.73. The molecule has 0 bridgehead atoms. The molecule has 6 nitrogen and oxygen atoms in total. The van der Waals surface area contributed by atoms with Crippen LogP contribution >= 0.6 is 0 Å². The standard InChI is InChI=1S/C22H28N2O4/c1-4-24(16-21(25)23-18-9-6-10-19(15-18)27-3)22(26)12-7-13-28-20-11-5-8-17(2)14-20/h5-6,8-11,14-15H,4,7,12-13,16H2,1-3H3,(H,23,25). The van der Waals surface area contributed by atoms with E-state index in [0.29, 0.717) is 37.4 Å². The predicted octanol–water partition coefficient (Wildman–Crippen LogP) is 3.65. The van der Waals surface area contributed by atoms with Gasteiger partial charge in [-0.1, -0.05) is 18.2 Å². The largest absolute Gasteiger partial charge is 0.497 e. The van der Waals surface area contributed by atoms with E-state index < -0.39 is 0 Å². The number of hydrogen-bond donors (Lipinski definition) is 1. The minimum atomic E-state index is -0.237. The molecule has 2 rings (SSSR count). The Morgan fingerprint density at radius 3 is 2.54 bits per heavy atom. The number of carbonyl (C=O) groups excluding carboxylic acids is 2. The number of rotatable bonds is 10. The highest BCUT2D eigenvalue weighted by Gasteiger charge is 2.15. The van der Waals surface area contributed by atoms with Crippen LogP contribution in [0.15, 0.2) is 48.5 Å². The monoisotopic (exact) mass is 384 g/mol. The summed E-state index contributed by atoms with van der Waals surface area (Å²) in [5.41, 5.74) is 1.77. The van der Waals surface area contributed by atoms with Gasteiger partial charge in [-0.25, -0.2) is 0 Å². The number of nitrogens with zero attached hydrogens (tertiary/aromatic N) is 1. The second-order valence-corrected chi connectivity index (χ2v) is 6.46. The normalized spacial score (nSPS) is 10.2. The van der Waals surface area contributed by atoms with Gasteiger partial charge in [-0.3, -0.25) is 9.59 Å². The molecule has 2 aromatic rings. The van der Waals surface area contributed by atoms with Gasteiger partial charge in [-0.2, -0.15) is 0 Å². The number of benzene rings is 2. The molecule has 0 atom stereocenters. The van der Waals surface area contributed by atoms with E-state index in [4.69, 9.17) is 9.47 Å². The third kappa shape index (κ3) is 6.95. The summed E-state index contributed by atoms with van der Waals surface area (Å²) >= 11 is 0. The van der Waals surface area contributed by atoms with Crippen LogP contribution in [0, 0.1) is 6.92 Å². The fraction of sp³-hybridized carbons (Fsp3) is 0.364. The van der Waals surface area contributed by atoms with Crippen molar-refractivity contribution < 1.29 is 19.1 Å². The second-order valence-electron chi connectivity index (χ2n) is 6.46. The van der Waals surface area contributed by atoms with Crippen LogP contribution in [0.2, 0.25) is 0 Å². The first-order chi connectivity index (χ1) is 13.5. The molecule has 0 spiro atoms. The van der Waals surface area contributed by atoms with E-state index in [1.165, 1.54) is 0 Å². The van der Waals surface area contributed by atoms with Gasteiger partial charge in [0.2, 0.25) is 11.8 Å². The van der Waals surface area contributed by atoms with E-state index in [2.05, 4.69) is 5.32 Å². The topological polar surface area (TPSA) is 67.9 Å². The number of ether oxygens (including phenoxy) is 2. The minimum absolute atomic E-state index is 0.0191. The summed E-state index contributed by atoms with van der Waals surface area (Å²) in [4.78, 5) is 26.2. The summed E-state index contributed by atoms with van der Waals surface area (Å²) in [5.74, 6) is 1.17. The third-order valence-corrected chi connectivity index (χ3v) is 4.22. The highest BCUT2D eigenvalue weighted by atomic mass is 16.5. The van der Waals surface area contributed by atoms with Crippen LogP contribution in [0.4, 0.5) is 5.69 Å². The maximum absolute atomic E-state index is 12.4. The lowest BCUT2D eigenvalue weighted by atomic mass is 10.2. The number of likely N-dealkylation sites (N-methyl/N-ethyl adjacent to an activating group) is 1. The highest BCUT2D eigenvalue weighted by molar-refractivity contribution is 5.94. The molecule has 28 heavy (non-hydrogen) atoms. The molecular weight excluding hydrogens is 356 g/mol. The molecule has 0 unspecified atom stereocenters. The zero-order valence-electron chi connectivity index (χ0n) is 16.7. The molecule has 0 aliphatic carbocycles. The summed E-state index contributed by atoms with van der Waals surface area (Å²) in [6.07, 6.45) is 0.937. The second kappa shape index (κ2) is 11.0. The molecule has 6 heteroatoms. The van der Waals surface area contributed by atoms with Crippen molar-refractivity contribution in [3.8, 4) is 11.5 Å². The van der Waals surface area contributed by atoms with Gasteiger partial charge in [0.05, 0.1) is 20.3 Å². The van der Waals surface area contributed by atoms with Crippen LogP contribution in [-0.2, 0) is 9.59 Å². The summed E-state index contributed by atoms with van der Waals surface area (Å²) in [7, 11) is 1.57. The molecular formula is C22H28N2O4. The van der Waals surface area contributed by atoms with E-state index in [1.807, 2.05) is 38.1 Å². The predicted molar refractivity (Wildman–Crippen MR) is 110 cm³/mol. The quantitative estimate of drug-likeness (QED) is 0.635. The summed E-state index contributed by atoms with van der Waals surface area (Å²) in [6, 6.07) is 14.9. The molecule has 2 aromatic carbocycles. The van der Waals surface area contributed by atoms with Gasteiger partial charge >= 0.3 is 0 Å². The maximum Gasteiger partial charge on any atom is 0.243 e. The molecule has 0 radical (unpaired) electrons. The summed E-state index contributed by atoms with van der Waals surface area (Å²) in [5, 5.41) is 2.79. The maximum atomic E-state index is 12.4. The van der Waals surface area contributed by atoms with Crippen LogP contribution in [-0.4, -0.2) is 43.5 Å². The summed E-state index contributed by atoms with van der Waals surface area (Å²) in [6.45, 7) is 4.82. The van der Waals surface area contributed by atoms with Crippen LogP contribution in [0.5, 0.6) is 11.5 Å². The fourth-order valence-electron chi connectivity index (χ4n) is 2.73. The molecule has 0 aliphatic heterocycles. The Labute approximate surface area is 166 Å². The molecule has 0 fully saturated rings. The lowest BCUT2D eigenvalue weighted by molar-refractivity contribution is -0.134. The van der Waals surface area contributed by atoms with Gasteiger partial charge in [0.25, 0.3) is 0 Å². The molecule has 0 aromatic heterocycles. The number of anilines is 1. The average molecular weight is 384 g/mol. The van der Waals surface area contributed by atoms with Crippen molar-refractivity contribution in [1.82, 2.24) is 4.90 Å². The van der Waals surface area contributed by atoms with Crippen molar-refractivity contribution in [1.29, 1.82) is 0 Å². The summed E-state index contributed by atoms with van der Waals surface area (Å²) < 4.78 is 10.8. The number of amides is 2. The Bertz CT molecular complexity index is 792. The SMILES string of the molecule is CCN(CC(=O)Nc1cccc(OC)c1)C(=O)CCCOc1cccc(C)c1. The smallest absolute Gasteiger partial charge is 0.243 e. The lowest BCUT2D eigenvalue weighted by Crippen LogP contribution is -2.37. The van der Waals surface area contributed by atoms with Crippen molar-refractivity contribution in [3.05, 3.63) is 54.1 Å². The number of aryl methyl sites for hydroxylation is 1. The first kappa shape index (κ1) is 21.3. The Morgan fingerprint density at radius 1 is 1.07 bits per heavy atom. The van der Waals surface area contributed by atoms with Crippen LogP contribution in [0.25, 0.3) is 0 Å².